The van der Waals surface area contributed by atoms with Gasteiger partial charge in [0, 0.05) is 4.75 Å². The Hall–Kier alpha value is 0.410. The van der Waals surface area contributed by atoms with Gasteiger partial charge in [0.15, 0.2) is 0 Å². The maximum Gasteiger partial charge on any atom is 0.118 e. The maximum atomic E-state index is 5.65. The topological polar surface area (TPSA) is 18.5 Å². The van der Waals surface area contributed by atoms with Crippen LogP contribution in [0, 0.1) is 0 Å². The molecular formula is C12H15IO2S2. The highest BCUT2D eigenvalue weighted by atomic mass is 127. The summed E-state index contributed by atoms with van der Waals surface area (Å²) in [5.41, 5.74) is 1.30. The van der Waals surface area contributed by atoms with Crippen LogP contribution >= 0.6 is 44.6 Å². The molecule has 0 spiro atoms. The van der Waals surface area contributed by atoms with Gasteiger partial charge in [-0.3, -0.25) is 0 Å². The minimum absolute atomic E-state index is 0.149. The summed E-state index contributed by atoms with van der Waals surface area (Å²) in [6.45, 7) is 4.47. The van der Waals surface area contributed by atoms with Crippen LogP contribution in [0.15, 0.2) is 24.3 Å². The Bertz CT molecular complexity index is 381. The Labute approximate surface area is 124 Å². The molecule has 0 N–H and O–H groups in total. The van der Waals surface area contributed by atoms with Crippen LogP contribution in [0.5, 0.6) is 5.75 Å². The average molecular weight is 382 g/mol. The van der Waals surface area contributed by atoms with Crippen molar-refractivity contribution in [1.82, 2.24) is 0 Å². The molecule has 1 heterocycles. The molecule has 1 aromatic carbocycles. The molecule has 2 rings (SSSR count). The second-order valence-electron chi connectivity index (χ2n) is 4.49. The van der Waals surface area contributed by atoms with E-state index in [1.807, 2.05) is 56.7 Å². The van der Waals surface area contributed by atoms with Gasteiger partial charge in [0.25, 0.3) is 0 Å². The van der Waals surface area contributed by atoms with Crippen molar-refractivity contribution in [2.24, 2.45) is 0 Å². The van der Waals surface area contributed by atoms with Crippen LogP contribution in [-0.4, -0.2) is 18.0 Å². The molecule has 0 aromatic heterocycles. The summed E-state index contributed by atoms with van der Waals surface area (Å²) in [6, 6.07) is 8.27. The fraction of sp³-hybridized carbons (Fsp3) is 0.500. The average Bonchev–Trinajstić information content (AvgIpc) is 2.64. The first-order valence-electron chi connectivity index (χ1n) is 5.34. The summed E-state index contributed by atoms with van der Waals surface area (Å²) >= 11 is 2.02. The van der Waals surface area contributed by atoms with Crippen molar-refractivity contribution in [3.05, 3.63) is 29.8 Å². The lowest BCUT2D eigenvalue weighted by molar-refractivity contribution is 0.237. The van der Waals surface area contributed by atoms with E-state index in [2.05, 4.69) is 26.0 Å². The first-order valence-corrected chi connectivity index (χ1v) is 8.43. The third-order valence-electron chi connectivity index (χ3n) is 2.87. The van der Waals surface area contributed by atoms with Crippen molar-refractivity contribution in [2.75, 3.05) is 7.11 Å². The normalized spacial score (nSPS) is 27.1. The molecule has 2 unspecified atom stereocenters. The lowest BCUT2D eigenvalue weighted by Gasteiger charge is -2.25. The van der Waals surface area contributed by atoms with E-state index < -0.39 is 0 Å². The minimum Gasteiger partial charge on any atom is -0.497 e. The fourth-order valence-corrected chi connectivity index (χ4v) is 6.57. The van der Waals surface area contributed by atoms with Crippen molar-refractivity contribution in [2.45, 2.75) is 29.9 Å². The van der Waals surface area contributed by atoms with Gasteiger partial charge in [-0.25, -0.2) is 0 Å². The zero-order chi connectivity index (χ0) is 12.5. The molecule has 2 atom stereocenters. The zero-order valence-corrected chi connectivity index (χ0v) is 13.8. The van der Waals surface area contributed by atoms with E-state index in [1.54, 1.807) is 7.11 Å². The Morgan fingerprint density at radius 3 is 2.41 bits per heavy atom. The monoisotopic (exact) mass is 382 g/mol. The number of methoxy groups -OCH3 is 1. The van der Waals surface area contributed by atoms with Gasteiger partial charge in [-0.2, -0.15) is 0 Å². The molecule has 2 nitrogen and oxygen atoms in total. The predicted molar refractivity (Wildman–Crippen MR) is 83.9 cm³/mol. The molecule has 1 aliphatic rings. The van der Waals surface area contributed by atoms with E-state index in [9.17, 15) is 0 Å². The smallest absolute Gasteiger partial charge is 0.118 e. The van der Waals surface area contributed by atoms with Gasteiger partial charge < -0.3 is 7.80 Å². The SMILES string of the molecule is COc1ccc(C2SSC(C)(C)C2OI)cc1. The molecule has 0 aliphatic carbocycles. The fourth-order valence-electron chi connectivity index (χ4n) is 1.82. The Morgan fingerprint density at radius 1 is 1.24 bits per heavy atom. The number of hydrogen-bond acceptors (Lipinski definition) is 4. The van der Waals surface area contributed by atoms with Crippen molar-refractivity contribution >= 4 is 44.6 Å². The van der Waals surface area contributed by atoms with Crippen LogP contribution in [0.1, 0.15) is 24.7 Å². The molecule has 94 valence electrons. The summed E-state index contributed by atoms with van der Waals surface area (Å²) in [5, 5.41) is 0.387. The Morgan fingerprint density at radius 2 is 1.88 bits per heavy atom. The van der Waals surface area contributed by atoms with E-state index in [0.29, 0.717) is 5.25 Å². The van der Waals surface area contributed by atoms with Crippen LogP contribution in [0.4, 0.5) is 0 Å². The molecule has 5 heteroatoms. The van der Waals surface area contributed by atoms with E-state index in [4.69, 9.17) is 7.80 Å². The molecule has 1 saturated heterocycles. The lowest BCUT2D eigenvalue weighted by atomic mass is 9.98. The second-order valence-corrected chi connectivity index (χ2v) is 7.99. The van der Waals surface area contributed by atoms with Gasteiger partial charge in [0.1, 0.15) is 34.9 Å². The van der Waals surface area contributed by atoms with E-state index in [-0.39, 0.29) is 10.9 Å². The van der Waals surface area contributed by atoms with Crippen LogP contribution in [-0.2, 0) is 3.07 Å². The molecule has 0 radical (unpaired) electrons. The standard InChI is InChI=1S/C12H15IO2S2/c1-12(2)11(15-13)10(16-17-12)8-4-6-9(14-3)7-5-8/h4-7,10-11H,1-3H3. The molecule has 0 amide bonds. The molecule has 1 aromatic rings. The van der Waals surface area contributed by atoms with Gasteiger partial charge >= 0.3 is 0 Å². The summed E-state index contributed by atoms with van der Waals surface area (Å²) in [5.74, 6) is 0.899. The summed E-state index contributed by atoms with van der Waals surface area (Å²) in [6.07, 6.45) is 0.228. The van der Waals surface area contributed by atoms with E-state index in [1.165, 1.54) is 5.56 Å². The van der Waals surface area contributed by atoms with Gasteiger partial charge in [0.05, 0.1) is 12.4 Å². The second kappa shape index (κ2) is 5.59. The van der Waals surface area contributed by atoms with Crippen LogP contribution < -0.4 is 4.74 Å². The summed E-state index contributed by atoms with van der Waals surface area (Å²) in [4.78, 5) is 0. The number of halogens is 1. The molecule has 1 fully saturated rings. The van der Waals surface area contributed by atoms with E-state index in [0.717, 1.165) is 5.75 Å². The van der Waals surface area contributed by atoms with Crippen molar-refractivity contribution in [3.63, 3.8) is 0 Å². The van der Waals surface area contributed by atoms with E-state index >= 15 is 0 Å². The highest BCUT2D eigenvalue weighted by molar-refractivity contribution is 14.1. The number of hydrogen-bond donors (Lipinski definition) is 0. The predicted octanol–water partition coefficient (Wildman–Crippen LogP) is 4.65. The number of ether oxygens (including phenoxy) is 1. The molecule has 17 heavy (non-hydrogen) atoms. The highest BCUT2D eigenvalue weighted by Gasteiger charge is 2.45. The molecule has 1 aliphatic heterocycles. The number of rotatable bonds is 3. The first kappa shape index (κ1) is 13.8. The molecular weight excluding hydrogens is 367 g/mol. The lowest BCUT2D eigenvalue weighted by Crippen LogP contribution is -2.31. The third kappa shape index (κ3) is 2.88. The van der Waals surface area contributed by atoms with Crippen LogP contribution in [0.2, 0.25) is 0 Å². The van der Waals surface area contributed by atoms with Crippen molar-refractivity contribution < 1.29 is 7.80 Å². The number of benzene rings is 1. The Kier molecular flexibility index (Phi) is 4.55. The van der Waals surface area contributed by atoms with Crippen LogP contribution in [0.3, 0.4) is 0 Å². The quantitative estimate of drug-likeness (QED) is 0.560. The third-order valence-corrected chi connectivity index (χ3v) is 7.10. The first-order chi connectivity index (χ1) is 8.08. The van der Waals surface area contributed by atoms with Gasteiger partial charge in [-0.05, 0) is 31.5 Å². The van der Waals surface area contributed by atoms with Crippen molar-refractivity contribution in [1.29, 1.82) is 0 Å². The maximum absolute atomic E-state index is 5.65. The molecule has 0 bridgehead atoms. The summed E-state index contributed by atoms with van der Waals surface area (Å²) in [7, 11) is 5.48. The highest BCUT2D eigenvalue weighted by Crippen LogP contribution is 2.59. The van der Waals surface area contributed by atoms with Crippen LogP contribution in [0.25, 0.3) is 0 Å². The van der Waals surface area contributed by atoms with Gasteiger partial charge in [-0.15, -0.1) is 0 Å². The van der Waals surface area contributed by atoms with Crippen molar-refractivity contribution in [3.8, 4) is 5.75 Å². The largest absolute Gasteiger partial charge is 0.497 e. The zero-order valence-electron chi connectivity index (χ0n) is 9.98. The summed E-state index contributed by atoms with van der Waals surface area (Å²) < 4.78 is 11.0. The van der Waals surface area contributed by atoms with Gasteiger partial charge in [0.2, 0.25) is 0 Å². The minimum atomic E-state index is 0.149. The molecule has 0 saturated carbocycles. The Balaban J connectivity index is 2.22. The van der Waals surface area contributed by atoms with Gasteiger partial charge in [-0.1, -0.05) is 33.7 Å².